The van der Waals surface area contributed by atoms with Gasteiger partial charge in [-0.15, -0.1) is 0 Å². The predicted octanol–water partition coefficient (Wildman–Crippen LogP) is 2.61. The molecule has 0 atom stereocenters. The molecule has 5 rings (SSSR count). The summed E-state index contributed by atoms with van der Waals surface area (Å²) in [5.41, 5.74) is 2.03. The molecule has 0 saturated heterocycles. The maximum Gasteiger partial charge on any atom is 0.254 e. The minimum atomic E-state index is -0.266. The molecule has 0 unspecified atom stereocenters. The summed E-state index contributed by atoms with van der Waals surface area (Å²) in [4.78, 5) is 20.7. The Morgan fingerprint density at radius 2 is 1.52 bits per heavy atom. The number of hydrogen-bond acceptors (Lipinski definition) is 8. The first-order chi connectivity index (χ1) is 14.2. The monoisotopic (exact) mass is 392 g/mol. The van der Waals surface area contributed by atoms with Gasteiger partial charge in [0.2, 0.25) is 19.5 Å². The molecule has 2 aliphatic heterocycles. The van der Waals surface area contributed by atoms with E-state index in [0.717, 1.165) is 11.3 Å². The van der Waals surface area contributed by atoms with Gasteiger partial charge in [-0.1, -0.05) is 6.07 Å². The maximum atomic E-state index is 12.4. The average Bonchev–Trinajstić information content (AvgIpc) is 3.41. The first kappa shape index (κ1) is 17.1. The molecule has 0 saturated carbocycles. The molecule has 3 aromatic rings. The van der Waals surface area contributed by atoms with E-state index >= 15 is 0 Å². The molecular formula is C20H16N4O5. The van der Waals surface area contributed by atoms with E-state index < -0.39 is 0 Å². The van der Waals surface area contributed by atoms with Crippen molar-refractivity contribution in [2.45, 2.75) is 6.54 Å². The first-order valence-corrected chi connectivity index (χ1v) is 8.90. The van der Waals surface area contributed by atoms with Crippen LogP contribution in [-0.4, -0.2) is 29.5 Å². The molecule has 3 heterocycles. The van der Waals surface area contributed by atoms with Gasteiger partial charge in [0.25, 0.3) is 5.91 Å². The summed E-state index contributed by atoms with van der Waals surface area (Å²) in [6.45, 7) is 0.785. The highest BCUT2D eigenvalue weighted by molar-refractivity contribution is 5.93. The van der Waals surface area contributed by atoms with Crippen molar-refractivity contribution >= 4 is 17.5 Å². The minimum Gasteiger partial charge on any atom is -0.454 e. The van der Waals surface area contributed by atoms with Crippen LogP contribution < -0.4 is 29.6 Å². The molecular weight excluding hydrogens is 376 g/mol. The van der Waals surface area contributed by atoms with Gasteiger partial charge >= 0.3 is 0 Å². The van der Waals surface area contributed by atoms with E-state index in [2.05, 4.69) is 20.6 Å². The lowest BCUT2D eigenvalue weighted by Crippen LogP contribution is -2.23. The second kappa shape index (κ2) is 7.19. The van der Waals surface area contributed by atoms with Crippen molar-refractivity contribution < 1.29 is 23.7 Å². The van der Waals surface area contributed by atoms with Crippen molar-refractivity contribution in [2.24, 2.45) is 0 Å². The van der Waals surface area contributed by atoms with E-state index in [9.17, 15) is 4.79 Å². The average molecular weight is 392 g/mol. The van der Waals surface area contributed by atoms with Crippen LogP contribution in [0.15, 0.2) is 48.8 Å². The van der Waals surface area contributed by atoms with E-state index in [1.54, 1.807) is 6.07 Å². The van der Waals surface area contributed by atoms with Gasteiger partial charge in [-0.25, -0.2) is 9.97 Å². The number of amides is 1. The van der Waals surface area contributed by atoms with Crippen LogP contribution in [0.25, 0.3) is 0 Å². The van der Waals surface area contributed by atoms with Crippen molar-refractivity contribution in [1.82, 2.24) is 15.3 Å². The smallest absolute Gasteiger partial charge is 0.254 e. The van der Waals surface area contributed by atoms with Gasteiger partial charge in [-0.2, -0.15) is 0 Å². The van der Waals surface area contributed by atoms with Gasteiger partial charge in [-0.05, 0) is 29.8 Å². The number of anilines is 2. The van der Waals surface area contributed by atoms with Crippen LogP contribution in [-0.2, 0) is 6.54 Å². The van der Waals surface area contributed by atoms with Crippen LogP contribution in [0.4, 0.5) is 11.6 Å². The lowest BCUT2D eigenvalue weighted by Gasteiger charge is -2.08. The van der Waals surface area contributed by atoms with E-state index in [-0.39, 0.29) is 19.5 Å². The Morgan fingerprint density at radius 1 is 0.862 bits per heavy atom. The van der Waals surface area contributed by atoms with E-state index in [4.69, 9.17) is 18.9 Å². The molecule has 9 nitrogen and oxygen atoms in total. The molecule has 0 bridgehead atoms. The van der Waals surface area contributed by atoms with Crippen LogP contribution >= 0.6 is 0 Å². The Bertz CT molecular complexity index is 1070. The van der Waals surface area contributed by atoms with Gasteiger partial charge in [0.05, 0.1) is 5.56 Å². The van der Waals surface area contributed by atoms with Crippen molar-refractivity contribution in [2.75, 3.05) is 18.9 Å². The molecule has 146 valence electrons. The largest absolute Gasteiger partial charge is 0.454 e. The van der Waals surface area contributed by atoms with Gasteiger partial charge in [0.1, 0.15) is 0 Å². The summed E-state index contributed by atoms with van der Waals surface area (Å²) in [5.74, 6) is 2.85. The number of fused-ring (bicyclic) bond motifs is 2. The summed E-state index contributed by atoms with van der Waals surface area (Å²) in [6, 6.07) is 11.0. The van der Waals surface area contributed by atoms with Gasteiger partial charge in [-0.3, -0.25) is 4.79 Å². The zero-order chi connectivity index (χ0) is 19.6. The number of hydrogen-bond donors (Lipinski definition) is 2. The molecule has 9 heteroatoms. The van der Waals surface area contributed by atoms with Crippen LogP contribution in [0.2, 0.25) is 0 Å². The molecule has 1 aromatic heterocycles. The number of nitrogens with zero attached hydrogens (tertiary/aromatic N) is 2. The minimum absolute atomic E-state index is 0.214. The standard InChI is InChI=1S/C20H16N4O5/c25-19(21-7-12-1-3-15-17(5-12)28-10-26-15)13-8-22-20(23-9-13)24-14-2-4-16-18(6-14)29-11-27-16/h1-6,8-9H,7,10-11H2,(H,21,25)(H,22,23,24). The SMILES string of the molecule is O=C(NCc1ccc2c(c1)OCO2)c1cnc(Nc2ccc3c(c2)OCO3)nc1. The highest BCUT2D eigenvalue weighted by Crippen LogP contribution is 2.35. The summed E-state index contributed by atoms with van der Waals surface area (Å²) in [5, 5.41) is 5.90. The maximum absolute atomic E-state index is 12.4. The van der Waals surface area contributed by atoms with E-state index in [1.165, 1.54) is 12.4 Å². The Labute approximate surface area is 165 Å². The summed E-state index contributed by atoms with van der Waals surface area (Å²) < 4.78 is 21.2. The van der Waals surface area contributed by atoms with Crippen molar-refractivity contribution in [3.8, 4) is 23.0 Å². The summed E-state index contributed by atoms with van der Waals surface area (Å²) in [6.07, 6.45) is 2.94. The number of carbonyl (C=O) groups is 1. The molecule has 0 fully saturated rings. The third kappa shape index (κ3) is 3.57. The molecule has 0 aliphatic carbocycles. The fraction of sp³-hybridized carbons (Fsp3) is 0.150. The van der Waals surface area contributed by atoms with Crippen molar-refractivity contribution in [3.05, 3.63) is 59.9 Å². The zero-order valence-electron chi connectivity index (χ0n) is 15.2. The molecule has 2 aliphatic rings. The van der Waals surface area contributed by atoms with Crippen molar-refractivity contribution in [1.29, 1.82) is 0 Å². The fourth-order valence-corrected chi connectivity index (χ4v) is 2.95. The normalized spacial score (nSPS) is 13.2. The van der Waals surface area contributed by atoms with Crippen molar-refractivity contribution in [3.63, 3.8) is 0 Å². The number of nitrogens with one attached hydrogen (secondary N) is 2. The van der Waals surface area contributed by atoms with E-state index in [1.807, 2.05) is 30.3 Å². The molecule has 2 aromatic carbocycles. The highest BCUT2D eigenvalue weighted by Gasteiger charge is 2.15. The van der Waals surface area contributed by atoms with Crippen LogP contribution in [0, 0.1) is 0 Å². The molecule has 2 N–H and O–H groups in total. The number of carbonyl (C=O) groups excluding carboxylic acids is 1. The quantitative estimate of drug-likeness (QED) is 0.683. The third-order valence-corrected chi connectivity index (χ3v) is 4.43. The van der Waals surface area contributed by atoms with Crippen LogP contribution in [0.3, 0.4) is 0 Å². The second-order valence-corrected chi connectivity index (χ2v) is 6.36. The Hall–Kier alpha value is -4.01. The third-order valence-electron chi connectivity index (χ3n) is 4.43. The Morgan fingerprint density at radius 3 is 2.28 bits per heavy atom. The molecule has 1 amide bonds. The number of ether oxygens (including phenoxy) is 4. The molecule has 29 heavy (non-hydrogen) atoms. The predicted molar refractivity (Wildman–Crippen MR) is 102 cm³/mol. The Balaban J connectivity index is 1.20. The van der Waals surface area contributed by atoms with Gasteiger partial charge < -0.3 is 29.6 Å². The number of aromatic nitrogens is 2. The lowest BCUT2D eigenvalue weighted by molar-refractivity contribution is 0.0950. The van der Waals surface area contributed by atoms with E-state index in [0.29, 0.717) is 41.1 Å². The fourth-order valence-electron chi connectivity index (χ4n) is 2.95. The lowest BCUT2D eigenvalue weighted by atomic mass is 10.2. The second-order valence-electron chi connectivity index (χ2n) is 6.36. The zero-order valence-corrected chi connectivity index (χ0v) is 15.2. The Kier molecular flexibility index (Phi) is 4.24. The summed E-state index contributed by atoms with van der Waals surface area (Å²) in [7, 11) is 0. The molecule has 0 spiro atoms. The number of benzene rings is 2. The van der Waals surface area contributed by atoms with Gasteiger partial charge in [0, 0.05) is 30.7 Å². The highest BCUT2D eigenvalue weighted by atomic mass is 16.7. The van der Waals surface area contributed by atoms with Crippen LogP contribution in [0.5, 0.6) is 23.0 Å². The summed E-state index contributed by atoms with van der Waals surface area (Å²) >= 11 is 0. The van der Waals surface area contributed by atoms with Crippen LogP contribution in [0.1, 0.15) is 15.9 Å². The molecule has 0 radical (unpaired) electrons. The first-order valence-electron chi connectivity index (χ1n) is 8.90. The topological polar surface area (TPSA) is 104 Å². The number of rotatable bonds is 5. The van der Waals surface area contributed by atoms with Gasteiger partial charge in [0.15, 0.2) is 23.0 Å².